The number of hydrogen-bond acceptors (Lipinski definition) is 3. The molecule has 1 aliphatic heterocycles. The number of anilines is 4. The number of fused-ring (bicyclic) bond motifs is 7. The number of rotatable bonds is 6. The van der Waals surface area contributed by atoms with Gasteiger partial charge in [0.1, 0.15) is 5.37 Å². The summed E-state index contributed by atoms with van der Waals surface area (Å²) in [6.45, 7) is 0. The van der Waals surface area contributed by atoms with E-state index in [4.69, 9.17) is 0 Å². The molecule has 1 aliphatic rings. The van der Waals surface area contributed by atoms with Gasteiger partial charge in [0, 0.05) is 27.0 Å². The highest BCUT2D eigenvalue weighted by molar-refractivity contribution is 8.00. The lowest BCUT2D eigenvalue weighted by molar-refractivity contribution is 1.14. The molecular weight excluding hydrogens is 649 g/mol. The van der Waals surface area contributed by atoms with Gasteiger partial charge in [0.2, 0.25) is 0 Å². The fraction of sp³-hybridized carbons (Fsp3) is 0.0204. The molecule has 0 amide bonds. The Morgan fingerprint density at radius 1 is 0.404 bits per heavy atom. The van der Waals surface area contributed by atoms with Crippen molar-refractivity contribution in [2.24, 2.45) is 0 Å². The molecule has 0 aromatic heterocycles. The quantitative estimate of drug-likeness (QED) is 0.176. The van der Waals surface area contributed by atoms with E-state index in [1.54, 1.807) is 0 Å². The third-order valence-corrected chi connectivity index (χ3v) is 11.6. The Hall–Kier alpha value is -6.29. The molecule has 0 bridgehead atoms. The Labute approximate surface area is 308 Å². The summed E-state index contributed by atoms with van der Waals surface area (Å²) in [5.41, 5.74) is 10.7. The number of nitrogens with one attached hydrogen (secondary N) is 1. The van der Waals surface area contributed by atoms with Gasteiger partial charge < -0.3 is 10.2 Å². The van der Waals surface area contributed by atoms with E-state index in [1.165, 1.54) is 70.7 Å². The van der Waals surface area contributed by atoms with E-state index in [0.717, 1.165) is 17.1 Å². The molecule has 52 heavy (non-hydrogen) atoms. The normalized spacial score (nSPS) is 13.7. The number of nitrogens with zero attached hydrogens (tertiary/aromatic N) is 1. The second-order valence-electron chi connectivity index (χ2n) is 13.4. The molecule has 0 saturated heterocycles. The number of benzene rings is 9. The molecule has 246 valence electrons. The topological polar surface area (TPSA) is 15.3 Å². The van der Waals surface area contributed by atoms with Crippen LogP contribution in [0.15, 0.2) is 199 Å². The number of thioether (sulfide) groups is 1. The van der Waals surface area contributed by atoms with E-state index in [1.807, 2.05) is 11.8 Å². The average molecular weight is 683 g/mol. The monoisotopic (exact) mass is 682 g/mol. The van der Waals surface area contributed by atoms with Crippen LogP contribution in [-0.4, -0.2) is 0 Å². The van der Waals surface area contributed by atoms with Crippen molar-refractivity contribution in [2.45, 2.75) is 10.3 Å². The van der Waals surface area contributed by atoms with Gasteiger partial charge >= 0.3 is 0 Å². The first-order valence-electron chi connectivity index (χ1n) is 17.8. The molecule has 9 aromatic rings. The minimum absolute atomic E-state index is 0.176. The minimum atomic E-state index is 0.176. The molecule has 9 aromatic carbocycles. The van der Waals surface area contributed by atoms with Crippen LogP contribution in [0.5, 0.6) is 0 Å². The van der Waals surface area contributed by atoms with Gasteiger partial charge in [0.05, 0.1) is 11.4 Å². The van der Waals surface area contributed by atoms with Crippen molar-refractivity contribution in [1.82, 2.24) is 0 Å². The maximum Gasteiger partial charge on any atom is 0.103 e. The smallest absolute Gasteiger partial charge is 0.103 e. The Morgan fingerprint density at radius 2 is 0.942 bits per heavy atom. The maximum atomic E-state index is 3.88. The van der Waals surface area contributed by atoms with E-state index in [0.29, 0.717) is 0 Å². The summed E-state index contributed by atoms with van der Waals surface area (Å²) >= 11 is 1.92. The van der Waals surface area contributed by atoms with E-state index in [9.17, 15) is 0 Å². The maximum absolute atomic E-state index is 3.88. The first-order valence-corrected chi connectivity index (χ1v) is 18.7. The molecule has 10 rings (SSSR count). The molecular formula is C49H34N2S. The zero-order valence-electron chi connectivity index (χ0n) is 28.4. The van der Waals surface area contributed by atoms with Crippen LogP contribution < -0.4 is 10.2 Å². The molecule has 1 N–H and O–H groups in total. The zero-order chi connectivity index (χ0) is 34.4. The lowest BCUT2D eigenvalue weighted by Gasteiger charge is -2.27. The van der Waals surface area contributed by atoms with Crippen molar-refractivity contribution in [3.05, 3.63) is 200 Å². The Bertz CT molecular complexity index is 2720. The van der Waals surface area contributed by atoms with Crippen LogP contribution >= 0.6 is 11.8 Å². The van der Waals surface area contributed by atoms with Gasteiger partial charge in [-0.2, -0.15) is 0 Å². The van der Waals surface area contributed by atoms with Gasteiger partial charge in [-0.25, -0.2) is 0 Å². The van der Waals surface area contributed by atoms with Crippen LogP contribution in [0.4, 0.5) is 22.7 Å². The van der Waals surface area contributed by atoms with Crippen molar-refractivity contribution in [1.29, 1.82) is 0 Å². The molecule has 0 spiro atoms. The highest BCUT2D eigenvalue weighted by Crippen LogP contribution is 2.53. The third-order valence-electron chi connectivity index (χ3n) is 10.3. The van der Waals surface area contributed by atoms with E-state index < -0.39 is 0 Å². The average Bonchev–Trinajstić information content (AvgIpc) is 3.69. The molecule has 0 aliphatic carbocycles. The highest BCUT2D eigenvalue weighted by atomic mass is 32.2. The van der Waals surface area contributed by atoms with E-state index in [2.05, 4.69) is 204 Å². The minimum Gasteiger partial charge on any atom is -0.368 e. The first-order chi connectivity index (χ1) is 25.8. The highest BCUT2D eigenvalue weighted by Gasteiger charge is 2.27. The lowest BCUT2D eigenvalue weighted by atomic mass is 9.96. The van der Waals surface area contributed by atoms with Gasteiger partial charge in [-0.15, -0.1) is 0 Å². The summed E-state index contributed by atoms with van der Waals surface area (Å²) in [6, 6.07) is 70.3. The van der Waals surface area contributed by atoms with E-state index in [-0.39, 0.29) is 5.37 Å². The van der Waals surface area contributed by atoms with Gasteiger partial charge in [-0.05, 0) is 85.8 Å². The van der Waals surface area contributed by atoms with Crippen LogP contribution in [0.3, 0.4) is 0 Å². The second-order valence-corrected chi connectivity index (χ2v) is 14.5. The van der Waals surface area contributed by atoms with E-state index >= 15 is 0 Å². The Morgan fingerprint density at radius 3 is 1.67 bits per heavy atom. The van der Waals surface area contributed by atoms with Crippen LogP contribution in [0.25, 0.3) is 54.6 Å². The van der Waals surface area contributed by atoms with Crippen molar-refractivity contribution in [3.63, 3.8) is 0 Å². The molecule has 2 nitrogen and oxygen atoms in total. The zero-order valence-corrected chi connectivity index (χ0v) is 29.2. The van der Waals surface area contributed by atoms with Crippen LogP contribution in [0, 0.1) is 0 Å². The van der Waals surface area contributed by atoms with Crippen molar-refractivity contribution in [2.75, 3.05) is 10.2 Å². The van der Waals surface area contributed by atoms with Crippen LogP contribution in [0.2, 0.25) is 0 Å². The molecule has 1 heterocycles. The molecule has 3 heteroatoms. The molecule has 0 saturated carbocycles. The summed E-state index contributed by atoms with van der Waals surface area (Å²) in [4.78, 5) is 3.70. The van der Waals surface area contributed by atoms with Gasteiger partial charge in [-0.3, -0.25) is 0 Å². The fourth-order valence-corrected chi connectivity index (χ4v) is 9.02. The Balaban J connectivity index is 1.06. The van der Waals surface area contributed by atoms with Crippen molar-refractivity contribution in [3.8, 4) is 22.3 Å². The van der Waals surface area contributed by atoms with Crippen molar-refractivity contribution >= 4 is 66.8 Å². The van der Waals surface area contributed by atoms with Crippen LogP contribution in [0.1, 0.15) is 10.9 Å². The standard InChI is InChI=1S/C49H34N2S/c1-3-12-33(13-4-1)34-22-27-39(28-23-34)51(46-21-11-17-36-14-7-8-18-41(36)46)40-29-24-35(25-30-40)38-26-31-43-42-19-9-10-20-44(42)47-48(45(43)32-38)52-49(50-47)37-15-5-2-6-16-37/h1-32,49-50H. The predicted molar refractivity (Wildman–Crippen MR) is 223 cm³/mol. The molecule has 1 atom stereocenters. The molecule has 0 radical (unpaired) electrons. The summed E-state index contributed by atoms with van der Waals surface area (Å²) in [7, 11) is 0. The van der Waals surface area contributed by atoms with Crippen LogP contribution in [-0.2, 0) is 0 Å². The second kappa shape index (κ2) is 12.8. The summed E-state index contributed by atoms with van der Waals surface area (Å²) in [5, 5.41) is 11.6. The van der Waals surface area contributed by atoms with Gasteiger partial charge in [-0.1, -0.05) is 169 Å². The fourth-order valence-electron chi connectivity index (χ4n) is 7.73. The summed E-state index contributed by atoms with van der Waals surface area (Å²) in [5.74, 6) is 0. The summed E-state index contributed by atoms with van der Waals surface area (Å²) in [6.07, 6.45) is 0. The van der Waals surface area contributed by atoms with Crippen molar-refractivity contribution < 1.29 is 0 Å². The summed E-state index contributed by atoms with van der Waals surface area (Å²) < 4.78 is 0. The molecule has 1 unspecified atom stereocenters. The van der Waals surface area contributed by atoms with Gasteiger partial charge in [0.15, 0.2) is 0 Å². The largest absolute Gasteiger partial charge is 0.368 e. The number of hydrogen-bond donors (Lipinski definition) is 1. The third kappa shape index (κ3) is 5.30. The van der Waals surface area contributed by atoms with Gasteiger partial charge in [0.25, 0.3) is 0 Å². The lowest BCUT2D eigenvalue weighted by Crippen LogP contribution is -2.10. The predicted octanol–water partition coefficient (Wildman–Crippen LogP) is 14.2. The molecule has 0 fully saturated rings. The Kier molecular flexibility index (Phi) is 7.51. The SMILES string of the molecule is c1ccc(-c2ccc(N(c3ccc(-c4ccc5c(c4)c4c(c6ccccc65)NC(c5ccccc5)S4)cc3)c3cccc4ccccc34)cc2)cc1. The first kappa shape index (κ1) is 30.5.